The lowest BCUT2D eigenvalue weighted by Gasteiger charge is -2.44. The number of fused-ring (bicyclic) bond motifs is 1. The van der Waals surface area contributed by atoms with Crippen LogP contribution in [0.25, 0.3) is 0 Å². The largest absolute Gasteiger partial charge is 0.453 e. The Morgan fingerprint density at radius 3 is 1.98 bits per heavy atom. The third kappa shape index (κ3) is 6.97. The first kappa shape index (κ1) is 33.5. The fraction of sp³-hybridized carbons (Fsp3) is 0.500. The molecule has 242 valence electrons. The molecule has 0 N–H and O–H groups in total. The lowest BCUT2D eigenvalue weighted by molar-refractivity contribution is -0.143. The normalized spacial score (nSPS) is 19.1. The van der Waals surface area contributed by atoms with Crippen LogP contribution in [0.2, 0.25) is 5.02 Å². The van der Waals surface area contributed by atoms with Crippen LogP contribution in [0.5, 0.6) is 0 Å². The number of anilines is 1. The third-order valence-corrected chi connectivity index (χ3v) is 7.76. The van der Waals surface area contributed by atoms with E-state index in [1.807, 2.05) is 0 Å². The van der Waals surface area contributed by atoms with Gasteiger partial charge in [0.15, 0.2) is 0 Å². The van der Waals surface area contributed by atoms with Gasteiger partial charge in [0, 0.05) is 12.6 Å². The van der Waals surface area contributed by atoms with Gasteiger partial charge >= 0.3 is 30.7 Å². The van der Waals surface area contributed by atoms with Gasteiger partial charge in [0.25, 0.3) is 0 Å². The molecule has 2 atom stereocenters. The Bertz CT molecular complexity index is 1390. The van der Waals surface area contributed by atoms with E-state index in [1.165, 1.54) is 4.90 Å². The van der Waals surface area contributed by atoms with E-state index in [0.717, 1.165) is 24.1 Å². The number of halogens is 10. The Kier molecular flexibility index (Phi) is 9.04. The number of carbonyl (C=O) groups excluding carboxylic acids is 2. The van der Waals surface area contributed by atoms with Gasteiger partial charge in [-0.25, -0.2) is 9.59 Å². The van der Waals surface area contributed by atoms with Crippen molar-refractivity contribution < 1.29 is 58.6 Å². The maximum absolute atomic E-state index is 13.8. The van der Waals surface area contributed by atoms with E-state index >= 15 is 0 Å². The summed E-state index contributed by atoms with van der Waals surface area (Å²) in [4.78, 5) is 28.2. The van der Waals surface area contributed by atoms with Crippen LogP contribution in [-0.4, -0.2) is 36.3 Å². The molecule has 0 saturated heterocycles. The summed E-state index contributed by atoms with van der Waals surface area (Å²) in [5.74, 6) is -0.156. The predicted octanol–water partition coefficient (Wildman–Crippen LogP) is 9.24. The number of amides is 2. The number of hydrogen-bond acceptors (Lipinski definition) is 4. The first-order chi connectivity index (χ1) is 20.2. The molecule has 44 heavy (non-hydrogen) atoms. The first-order valence-electron chi connectivity index (χ1n) is 13.3. The van der Waals surface area contributed by atoms with Crippen molar-refractivity contribution in [1.29, 1.82) is 0 Å². The number of hydrogen-bond donors (Lipinski definition) is 0. The van der Waals surface area contributed by atoms with Crippen LogP contribution in [0.3, 0.4) is 0 Å². The fourth-order valence-electron chi connectivity index (χ4n) is 5.33. The van der Waals surface area contributed by atoms with E-state index in [9.17, 15) is 49.1 Å². The molecule has 4 rings (SSSR count). The number of nitrogens with zero attached hydrogens (tertiary/aromatic N) is 2. The zero-order valence-electron chi connectivity index (χ0n) is 23.3. The van der Waals surface area contributed by atoms with Crippen molar-refractivity contribution in [3.8, 4) is 0 Å². The van der Waals surface area contributed by atoms with Gasteiger partial charge in [-0.15, -0.1) is 0 Å². The van der Waals surface area contributed by atoms with Gasteiger partial charge < -0.3 is 9.47 Å². The number of benzene rings is 2. The minimum Gasteiger partial charge on any atom is -0.453 e. The van der Waals surface area contributed by atoms with Gasteiger partial charge in [-0.1, -0.05) is 11.6 Å². The molecule has 6 nitrogen and oxygen atoms in total. The topological polar surface area (TPSA) is 59.1 Å². The maximum Gasteiger partial charge on any atom is 0.417 e. The Hall–Kier alpha value is -3.36. The molecule has 2 aromatic rings. The Morgan fingerprint density at radius 1 is 0.955 bits per heavy atom. The van der Waals surface area contributed by atoms with Crippen LogP contribution in [0.4, 0.5) is 54.8 Å². The number of methoxy groups -OCH3 is 1. The zero-order valence-corrected chi connectivity index (χ0v) is 24.1. The Labute approximate surface area is 250 Å². The molecule has 2 aromatic carbocycles. The third-order valence-electron chi connectivity index (χ3n) is 7.35. The molecule has 2 aliphatic rings. The van der Waals surface area contributed by atoms with E-state index in [-0.39, 0.29) is 23.6 Å². The summed E-state index contributed by atoms with van der Waals surface area (Å²) in [6.07, 6.45) is -17.1. The van der Waals surface area contributed by atoms with E-state index in [4.69, 9.17) is 21.1 Å². The molecule has 0 aromatic heterocycles. The number of carbonyl (C=O) groups is 2. The van der Waals surface area contributed by atoms with Crippen molar-refractivity contribution in [2.75, 3.05) is 12.0 Å². The lowest BCUT2D eigenvalue weighted by Crippen LogP contribution is -2.50. The predicted molar refractivity (Wildman–Crippen MR) is 139 cm³/mol. The fourth-order valence-corrected chi connectivity index (χ4v) is 5.66. The van der Waals surface area contributed by atoms with Crippen LogP contribution < -0.4 is 4.90 Å². The molecular weight excluding hydrogens is 635 g/mol. The smallest absolute Gasteiger partial charge is 0.417 e. The standard InChI is InChI=1S/C28H26ClF9N2O4/c1-13(2)44-25(42)40-20-7-6-16(26(30,31)32)10-17(20)22(11-21(40)15-4-5-15)39(24(41)43-3)12-14-8-18(27(33,34)35)23(29)19(9-14)28(36,37)38/h6-10,13,15,21-22H,4-5,11-12H2,1-3H3/t21-,22-/m0/s1. The molecule has 1 saturated carbocycles. The number of ether oxygens (including phenoxy) is 2. The van der Waals surface area contributed by atoms with Gasteiger partial charge in [0.05, 0.1) is 46.7 Å². The van der Waals surface area contributed by atoms with Gasteiger partial charge in [-0.2, -0.15) is 39.5 Å². The average molecular weight is 661 g/mol. The summed E-state index contributed by atoms with van der Waals surface area (Å²) in [6, 6.07) is 1.06. The van der Waals surface area contributed by atoms with E-state index in [0.29, 0.717) is 31.0 Å². The summed E-state index contributed by atoms with van der Waals surface area (Å²) < 4.78 is 134. The van der Waals surface area contributed by atoms with Crippen LogP contribution in [0, 0.1) is 5.92 Å². The summed E-state index contributed by atoms with van der Waals surface area (Å²) in [5.41, 5.74) is -5.69. The number of alkyl halides is 9. The first-order valence-corrected chi connectivity index (χ1v) is 13.6. The van der Waals surface area contributed by atoms with Crippen molar-refractivity contribution >= 4 is 29.5 Å². The zero-order chi connectivity index (χ0) is 32.9. The molecule has 16 heteroatoms. The molecule has 1 aliphatic carbocycles. The minimum atomic E-state index is -5.31. The van der Waals surface area contributed by atoms with Crippen molar-refractivity contribution in [1.82, 2.24) is 4.90 Å². The highest BCUT2D eigenvalue weighted by atomic mass is 35.5. The highest BCUT2D eigenvalue weighted by Gasteiger charge is 2.48. The molecule has 1 heterocycles. The van der Waals surface area contributed by atoms with E-state index in [2.05, 4.69) is 0 Å². The van der Waals surface area contributed by atoms with Gasteiger partial charge in [-0.05, 0) is 80.5 Å². The summed E-state index contributed by atoms with van der Waals surface area (Å²) in [7, 11) is 0.903. The highest BCUT2D eigenvalue weighted by Crippen LogP contribution is 2.50. The van der Waals surface area contributed by atoms with Crippen molar-refractivity contribution in [3.63, 3.8) is 0 Å². The molecule has 2 amide bonds. The Balaban J connectivity index is 1.91. The molecular formula is C28H26ClF9N2O4. The molecule has 0 spiro atoms. The van der Waals surface area contributed by atoms with Gasteiger partial charge in [0.1, 0.15) is 0 Å². The molecule has 0 unspecified atom stereocenters. The van der Waals surface area contributed by atoms with Gasteiger partial charge in [-0.3, -0.25) is 9.80 Å². The van der Waals surface area contributed by atoms with Crippen molar-refractivity contribution in [2.45, 2.75) is 76.4 Å². The lowest BCUT2D eigenvalue weighted by atomic mass is 9.86. The molecule has 1 fully saturated rings. The maximum atomic E-state index is 13.8. The van der Waals surface area contributed by atoms with Crippen LogP contribution in [0.15, 0.2) is 30.3 Å². The SMILES string of the molecule is COC(=O)N(Cc1cc(C(F)(F)F)c(Cl)c(C(F)(F)F)c1)[C@H]1C[C@@H](C2CC2)N(C(=O)OC(C)C)c2ccc(C(F)(F)F)cc21. The summed E-state index contributed by atoms with van der Waals surface area (Å²) >= 11 is 5.49. The van der Waals surface area contributed by atoms with Crippen LogP contribution >= 0.6 is 11.6 Å². The quantitative estimate of drug-likeness (QED) is 0.300. The second-order valence-electron chi connectivity index (χ2n) is 10.8. The second kappa shape index (κ2) is 11.9. The number of rotatable bonds is 5. The summed E-state index contributed by atoms with van der Waals surface area (Å²) in [5, 5.41) is -1.59. The highest BCUT2D eigenvalue weighted by molar-refractivity contribution is 6.32. The average Bonchev–Trinajstić information content (AvgIpc) is 3.74. The van der Waals surface area contributed by atoms with Crippen LogP contribution in [-0.2, 0) is 34.5 Å². The van der Waals surface area contributed by atoms with E-state index in [1.54, 1.807) is 13.8 Å². The van der Waals surface area contributed by atoms with Crippen molar-refractivity contribution in [3.05, 3.63) is 63.2 Å². The molecule has 1 aliphatic heterocycles. The molecule has 0 bridgehead atoms. The summed E-state index contributed by atoms with van der Waals surface area (Å²) in [6.45, 7) is 2.21. The van der Waals surface area contributed by atoms with E-state index < -0.39 is 82.7 Å². The van der Waals surface area contributed by atoms with Crippen LogP contribution in [0.1, 0.15) is 67.0 Å². The van der Waals surface area contributed by atoms with Crippen molar-refractivity contribution in [2.24, 2.45) is 5.92 Å². The molecule has 0 radical (unpaired) electrons. The Morgan fingerprint density at radius 2 is 1.52 bits per heavy atom. The minimum absolute atomic E-state index is 0.0474. The monoisotopic (exact) mass is 660 g/mol. The van der Waals surface area contributed by atoms with Gasteiger partial charge in [0.2, 0.25) is 0 Å². The second-order valence-corrected chi connectivity index (χ2v) is 11.2.